The van der Waals surface area contributed by atoms with Crippen LogP contribution in [0.3, 0.4) is 0 Å². The Morgan fingerprint density at radius 2 is 2.33 bits per heavy atom. The molecular formula is C6H4Cl2N. The molecule has 1 heterocycles. The van der Waals surface area contributed by atoms with Crippen molar-refractivity contribution in [2.45, 2.75) is 4.84 Å². The molecule has 0 saturated carbocycles. The van der Waals surface area contributed by atoms with Crippen molar-refractivity contribution in [2.24, 2.45) is 0 Å². The van der Waals surface area contributed by atoms with E-state index in [1.54, 1.807) is 18.3 Å². The van der Waals surface area contributed by atoms with Crippen molar-refractivity contribution in [1.29, 1.82) is 0 Å². The van der Waals surface area contributed by atoms with E-state index in [4.69, 9.17) is 23.2 Å². The summed E-state index contributed by atoms with van der Waals surface area (Å²) in [4.78, 5) is 3.23. The largest absolute Gasteiger partial charge is 0.254 e. The monoisotopic (exact) mass is 160 g/mol. The summed E-state index contributed by atoms with van der Waals surface area (Å²) in [6.07, 6.45) is 4.21. The van der Waals surface area contributed by atoms with E-state index >= 15 is 0 Å². The molecule has 0 amide bonds. The summed E-state index contributed by atoms with van der Waals surface area (Å²) in [7, 11) is 0. The first kappa shape index (κ1) is 6.84. The summed E-state index contributed by atoms with van der Waals surface area (Å²) >= 11 is 11.0. The zero-order chi connectivity index (χ0) is 6.69. The molecule has 0 fully saturated rings. The summed E-state index contributed by atoms with van der Waals surface area (Å²) in [5.41, 5.74) is 0.803. The number of rotatable bonds is 1. The summed E-state index contributed by atoms with van der Waals surface area (Å²) < 4.78 is 0. The molecule has 0 unspecified atom stereocenters. The minimum absolute atomic E-state index is 0.480. The van der Waals surface area contributed by atoms with Crippen LogP contribution in [-0.4, -0.2) is 4.98 Å². The van der Waals surface area contributed by atoms with Gasteiger partial charge in [-0.05, 0) is 6.07 Å². The molecule has 1 rings (SSSR count). The van der Waals surface area contributed by atoms with Crippen LogP contribution in [0.25, 0.3) is 0 Å². The first-order valence-corrected chi connectivity index (χ1v) is 3.28. The molecular weight excluding hydrogens is 157 g/mol. The van der Waals surface area contributed by atoms with Gasteiger partial charge in [0.1, 0.15) is 4.84 Å². The molecule has 0 aliphatic heterocycles. The van der Waals surface area contributed by atoms with Crippen molar-refractivity contribution in [3.8, 4) is 0 Å². The average molecular weight is 161 g/mol. The molecule has 1 aromatic rings. The molecule has 1 nitrogen and oxygen atoms in total. The maximum Gasteiger partial charge on any atom is 0.134 e. The molecule has 3 heteroatoms. The van der Waals surface area contributed by atoms with E-state index in [1.807, 2.05) is 0 Å². The summed E-state index contributed by atoms with van der Waals surface area (Å²) in [5, 5.41) is 0. The van der Waals surface area contributed by atoms with Crippen LogP contribution in [0.4, 0.5) is 0 Å². The normalized spacial score (nSPS) is 10.1. The van der Waals surface area contributed by atoms with Crippen molar-refractivity contribution in [1.82, 2.24) is 4.98 Å². The Labute approximate surface area is 63.6 Å². The second kappa shape index (κ2) is 3.04. The highest BCUT2D eigenvalue weighted by Crippen LogP contribution is 2.22. The van der Waals surface area contributed by atoms with Gasteiger partial charge in [-0.25, -0.2) is 0 Å². The van der Waals surface area contributed by atoms with Gasteiger partial charge in [0.25, 0.3) is 0 Å². The quantitative estimate of drug-likeness (QED) is 0.576. The minimum atomic E-state index is -0.480. The SMILES string of the molecule is ClC(Cl)c1cc[c]nc1. The molecule has 0 aromatic carbocycles. The fourth-order valence-electron chi connectivity index (χ4n) is 0.460. The molecule has 9 heavy (non-hydrogen) atoms. The van der Waals surface area contributed by atoms with Gasteiger partial charge in [0, 0.05) is 11.8 Å². The smallest absolute Gasteiger partial charge is 0.134 e. The molecule has 1 radical (unpaired) electrons. The number of hydrogen-bond donors (Lipinski definition) is 0. The van der Waals surface area contributed by atoms with Crippen LogP contribution in [-0.2, 0) is 0 Å². The van der Waals surface area contributed by atoms with Crippen molar-refractivity contribution < 1.29 is 0 Å². The first-order chi connectivity index (χ1) is 4.30. The van der Waals surface area contributed by atoms with Crippen molar-refractivity contribution >= 4 is 23.2 Å². The second-order valence-electron chi connectivity index (χ2n) is 1.52. The van der Waals surface area contributed by atoms with Gasteiger partial charge >= 0.3 is 0 Å². The average Bonchev–Trinajstić information content (AvgIpc) is 1.90. The topological polar surface area (TPSA) is 12.9 Å². The Bertz CT molecular complexity index is 174. The molecule has 0 spiro atoms. The van der Waals surface area contributed by atoms with Gasteiger partial charge in [0.05, 0.1) is 6.20 Å². The number of pyridine rings is 1. The van der Waals surface area contributed by atoms with Crippen LogP contribution < -0.4 is 0 Å². The number of aromatic nitrogens is 1. The lowest BCUT2D eigenvalue weighted by molar-refractivity contribution is 1.22. The third-order valence-corrected chi connectivity index (χ3v) is 1.39. The Kier molecular flexibility index (Phi) is 2.31. The summed E-state index contributed by atoms with van der Waals surface area (Å²) in [6.45, 7) is 0. The predicted molar refractivity (Wildman–Crippen MR) is 37.5 cm³/mol. The highest BCUT2D eigenvalue weighted by atomic mass is 35.5. The van der Waals surface area contributed by atoms with Crippen LogP contribution in [0.1, 0.15) is 10.4 Å². The third kappa shape index (κ3) is 1.84. The van der Waals surface area contributed by atoms with E-state index in [1.165, 1.54) is 0 Å². The number of hydrogen-bond acceptors (Lipinski definition) is 1. The van der Waals surface area contributed by atoms with Gasteiger partial charge in [-0.3, -0.25) is 4.98 Å². The predicted octanol–water partition coefficient (Wildman–Crippen LogP) is 2.36. The molecule has 0 atom stereocenters. The number of halogens is 2. The van der Waals surface area contributed by atoms with Gasteiger partial charge in [0.15, 0.2) is 0 Å². The standard InChI is InChI=1S/C6H4Cl2N/c7-6(8)5-2-1-3-9-4-5/h1-2,4,6H. The van der Waals surface area contributed by atoms with Crippen LogP contribution in [0.15, 0.2) is 18.3 Å². The lowest BCUT2D eigenvalue weighted by atomic mass is 10.3. The van der Waals surface area contributed by atoms with Gasteiger partial charge in [0.2, 0.25) is 0 Å². The van der Waals surface area contributed by atoms with Crippen LogP contribution in [0.5, 0.6) is 0 Å². The van der Waals surface area contributed by atoms with Crippen molar-refractivity contribution in [3.05, 3.63) is 30.1 Å². The third-order valence-electron chi connectivity index (χ3n) is 0.890. The Morgan fingerprint density at radius 1 is 1.56 bits per heavy atom. The number of alkyl halides is 2. The summed E-state index contributed by atoms with van der Waals surface area (Å²) in [5.74, 6) is 0. The molecule has 0 aliphatic rings. The lowest BCUT2D eigenvalue weighted by Crippen LogP contribution is -1.80. The fraction of sp³-hybridized carbons (Fsp3) is 0.167. The van der Waals surface area contributed by atoms with Crippen LogP contribution >= 0.6 is 23.2 Å². The Morgan fingerprint density at radius 3 is 2.67 bits per heavy atom. The molecule has 0 N–H and O–H groups in total. The van der Waals surface area contributed by atoms with Crippen LogP contribution in [0.2, 0.25) is 0 Å². The molecule has 47 valence electrons. The summed E-state index contributed by atoms with van der Waals surface area (Å²) in [6, 6.07) is 3.45. The Hall–Kier alpha value is -0.270. The van der Waals surface area contributed by atoms with E-state index in [9.17, 15) is 0 Å². The highest BCUT2D eigenvalue weighted by Gasteiger charge is 1.99. The molecule has 0 bridgehead atoms. The minimum Gasteiger partial charge on any atom is -0.254 e. The highest BCUT2D eigenvalue weighted by molar-refractivity contribution is 6.44. The molecule has 0 saturated heterocycles. The van der Waals surface area contributed by atoms with Crippen molar-refractivity contribution in [3.63, 3.8) is 0 Å². The fourth-order valence-corrected chi connectivity index (χ4v) is 0.719. The van der Waals surface area contributed by atoms with Gasteiger partial charge in [-0.15, -0.1) is 23.2 Å². The van der Waals surface area contributed by atoms with E-state index in [-0.39, 0.29) is 0 Å². The molecule has 0 aliphatic carbocycles. The maximum atomic E-state index is 5.51. The van der Waals surface area contributed by atoms with E-state index < -0.39 is 4.84 Å². The van der Waals surface area contributed by atoms with Gasteiger partial charge in [-0.1, -0.05) is 6.07 Å². The van der Waals surface area contributed by atoms with E-state index in [2.05, 4.69) is 11.2 Å². The number of nitrogens with zero attached hydrogens (tertiary/aromatic N) is 1. The second-order valence-corrected chi connectivity index (χ2v) is 2.62. The maximum absolute atomic E-state index is 5.51. The van der Waals surface area contributed by atoms with Crippen LogP contribution in [0, 0.1) is 6.20 Å². The van der Waals surface area contributed by atoms with E-state index in [0.717, 1.165) is 5.56 Å². The Balaban J connectivity index is 2.85. The lowest BCUT2D eigenvalue weighted by Gasteiger charge is -1.96. The zero-order valence-electron chi connectivity index (χ0n) is 4.51. The van der Waals surface area contributed by atoms with Gasteiger partial charge < -0.3 is 0 Å². The van der Waals surface area contributed by atoms with E-state index in [0.29, 0.717) is 0 Å². The van der Waals surface area contributed by atoms with Gasteiger partial charge in [-0.2, -0.15) is 0 Å². The zero-order valence-corrected chi connectivity index (χ0v) is 6.02. The first-order valence-electron chi connectivity index (χ1n) is 2.41. The van der Waals surface area contributed by atoms with Crippen molar-refractivity contribution in [2.75, 3.05) is 0 Å². The molecule has 1 aromatic heterocycles.